The molecule has 3 heterocycles. The average Bonchev–Trinajstić information content (AvgIpc) is 3.37. The number of methoxy groups -OCH3 is 1. The molecule has 0 atom stereocenters. The van der Waals surface area contributed by atoms with E-state index in [0.29, 0.717) is 12.4 Å². The number of nitrogens with zero attached hydrogens (tertiary/aromatic N) is 3. The second-order valence-corrected chi connectivity index (χ2v) is 7.06. The zero-order valence-electron chi connectivity index (χ0n) is 16.9. The van der Waals surface area contributed by atoms with Crippen LogP contribution in [0.4, 0.5) is 11.6 Å². The van der Waals surface area contributed by atoms with Crippen LogP contribution < -0.4 is 15.0 Å². The van der Waals surface area contributed by atoms with E-state index in [1.54, 1.807) is 22.9 Å². The minimum Gasteiger partial charge on any atom is -0.497 e. The Morgan fingerprint density at radius 1 is 1.20 bits per heavy atom. The van der Waals surface area contributed by atoms with Gasteiger partial charge in [-0.1, -0.05) is 12.1 Å². The number of aryl methyl sites for hydroxylation is 1. The standard InChI is InChI=1S/C22H23N5O3/c1-15-11-21-26(9-4-10-27(21)25-15)22(29)8-7-20(28)24-19-13-17(14-23-19)16-5-3-6-18(12-16)30-2/h3-6,9,11-14,23H,7-8,10H2,1-2H3,(H,24,28). The molecule has 0 radical (unpaired) electrons. The topological polar surface area (TPSA) is 92.2 Å². The number of aromatic nitrogens is 3. The molecule has 0 unspecified atom stereocenters. The number of allylic oxidation sites excluding steroid dienone is 1. The lowest BCUT2D eigenvalue weighted by Gasteiger charge is -2.22. The number of fused-ring (bicyclic) bond motifs is 1. The number of hydrogen-bond acceptors (Lipinski definition) is 4. The number of rotatable bonds is 6. The van der Waals surface area contributed by atoms with Crippen molar-refractivity contribution < 1.29 is 14.3 Å². The molecule has 8 heteroatoms. The summed E-state index contributed by atoms with van der Waals surface area (Å²) < 4.78 is 7.02. The highest BCUT2D eigenvalue weighted by Gasteiger charge is 2.21. The number of benzene rings is 1. The maximum absolute atomic E-state index is 12.6. The second kappa shape index (κ2) is 8.28. The van der Waals surface area contributed by atoms with Crippen LogP contribution in [0, 0.1) is 6.92 Å². The summed E-state index contributed by atoms with van der Waals surface area (Å²) in [6.07, 6.45) is 5.61. The lowest BCUT2D eigenvalue weighted by atomic mass is 10.1. The molecule has 2 aromatic heterocycles. The number of carbonyl (C=O) groups excluding carboxylic acids is 2. The minimum absolute atomic E-state index is 0.0871. The Kier molecular flexibility index (Phi) is 5.38. The number of hydrogen-bond donors (Lipinski definition) is 2. The van der Waals surface area contributed by atoms with Crippen LogP contribution in [-0.2, 0) is 16.1 Å². The summed E-state index contributed by atoms with van der Waals surface area (Å²) >= 11 is 0. The van der Waals surface area contributed by atoms with Crippen LogP contribution in [0.2, 0.25) is 0 Å². The average molecular weight is 405 g/mol. The Morgan fingerprint density at radius 2 is 2.07 bits per heavy atom. The molecule has 2 amide bonds. The molecule has 1 aromatic carbocycles. The van der Waals surface area contributed by atoms with E-state index in [1.165, 1.54) is 0 Å². The monoisotopic (exact) mass is 405 g/mol. The molecule has 0 saturated heterocycles. The smallest absolute Gasteiger partial charge is 0.232 e. The van der Waals surface area contributed by atoms with E-state index in [4.69, 9.17) is 4.74 Å². The van der Waals surface area contributed by atoms with Gasteiger partial charge in [-0.3, -0.25) is 14.5 Å². The van der Waals surface area contributed by atoms with Crippen molar-refractivity contribution >= 4 is 23.5 Å². The first kappa shape index (κ1) is 19.5. The molecule has 3 aromatic rings. The SMILES string of the molecule is COc1cccc(-c2c[nH]c(NC(=O)CCC(=O)N3C=CCn4nc(C)cc43)c2)c1. The number of ether oxygens (including phenoxy) is 1. The lowest BCUT2D eigenvalue weighted by molar-refractivity contribution is -0.122. The maximum atomic E-state index is 12.6. The highest BCUT2D eigenvalue weighted by molar-refractivity contribution is 5.98. The highest BCUT2D eigenvalue weighted by Crippen LogP contribution is 2.26. The normalized spacial score (nSPS) is 12.5. The van der Waals surface area contributed by atoms with Gasteiger partial charge in [-0.05, 0) is 36.8 Å². The summed E-state index contributed by atoms with van der Waals surface area (Å²) in [7, 11) is 1.62. The molecule has 4 rings (SSSR count). The Hall–Kier alpha value is -3.81. The first-order chi connectivity index (χ1) is 14.5. The van der Waals surface area contributed by atoms with E-state index >= 15 is 0 Å². The number of aromatic amines is 1. The van der Waals surface area contributed by atoms with Crippen LogP contribution in [0.5, 0.6) is 5.75 Å². The van der Waals surface area contributed by atoms with Crippen LogP contribution in [0.25, 0.3) is 11.1 Å². The van der Waals surface area contributed by atoms with Gasteiger partial charge in [0, 0.05) is 36.9 Å². The molecule has 0 fully saturated rings. The van der Waals surface area contributed by atoms with Gasteiger partial charge in [0.25, 0.3) is 0 Å². The van der Waals surface area contributed by atoms with E-state index in [1.807, 2.05) is 55.6 Å². The molecule has 2 N–H and O–H groups in total. The molecule has 8 nitrogen and oxygen atoms in total. The minimum atomic E-state index is -0.229. The van der Waals surface area contributed by atoms with E-state index in [9.17, 15) is 9.59 Å². The Bertz CT molecular complexity index is 1110. The van der Waals surface area contributed by atoms with E-state index < -0.39 is 0 Å². The molecule has 0 spiro atoms. The number of amides is 2. The first-order valence-electron chi connectivity index (χ1n) is 9.69. The summed E-state index contributed by atoms with van der Waals surface area (Å²) in [6.45, 7) is 2.52. The number of anilines is 2. The Morgan fingerprint density at radius 3 is 2.90 bits per heavy atom. The quantitative estimate of drug-likeness (QED) is 0.657. The second-order valence-electron chi connectivity index (χ2n) is 7.06. The van der Waals surface area contributed by atoms with E-state index in [-0.39, 0.29) is 24.7 Å². The predicted octanol–water partition coefficient (Wildman–Crippen LogP) is 3.47. The zero-order chi connectivity index (χ0) is 21.1. The molecular weight excluding hydrogens is 382 g/mol. The van der Waals surface area contributed by atoms with Crippen LogP contribution in [0.3, 0.4) is 0 Å². The van der Waals surface area contributed by atoms with Crippen molar-refractivity contribution in [2.75, 3.05) is 17.3 Å². The van der Waals surface area contributed by atoms with Gasteiger partial charge in [0.1, 0.15) is 17.4 Å². The van der Waals surface area contributed by atoms with Gasteiger partial charge in [-0.15, -0.1) is 0 Å². The summed E-state index contributed by atoms with van der Waals surface area (Å²) in [4.78, 5) is 29.5. The fraction of sp³-hybridized carbons (Fsp3) is 0.227. The van der Waals surface area contributed by atoms with Crippen molar-refractivity contribution in [1.29, 1.82) is 0 Å². The van der Waals surface area contributed by atoms with Gasteiger partial charge >= 0.3 is 0 Å². The number of carbonyl (C=O) groups is 2. The van der Waals surface area contributed by atoms with Crippen molar-refractivity contribution in [3.05, 3.63) is 60.6 Å². The fourth-order valence-corrected chi connectivity index (χ4v) is 3.39. The third-order valence-corrected chi connectivity index (χ3v) is 4.86. The van der Waals surface area contributed by atoms with Gasteiger partial charge in [-0.2, -0.15) is 5.10 Å². The van der Waals surface area contributed by atoms with Gasteiger partial charge in [0.15, 0.2) is 0 Å². The largest absolute Gasteiger partial charge is 0.497 e. The molecule has 1 aliphatic rings. The highest BCUT2D eigenvalue weighted by atomic mass is 16.5. The summed E-state index contributed by atoms with van der Waals surface area (Å²) in [5, 5.41) is 7.16. The van der Waals surface area contributed by atoms with Crippen LogP contribution in [-0.4, -0.2) is 33.7 Å². The van der Waals surface area contributed by atoms with Gasteiger partial charge < -0.3 is 15.0 Å². The Balaban J connectivity index is 1.34. The summed E-state index contributed by atoms with van der Waals surface area (Å²) in [5.41, 5.74) is 2.76. The number of H-pyrrole nitrogens is 1. The van der Waals surface area contributed by atoms with Crippen LogP contribution in [0.1, 0.15) is 18.5 Å². The number of nitrogens with one attached hydrogen (secondary N) is 2. The van der Waals surface area contributed by atoms with Crippen molar-refractivity contribution in [3.8, 4) is 16.9 Å². The Labute approximate surface area is 174 Å². The van der Waals surface area contributed by atoms with Crippen LogP contribution >= 0.6 is 0 Å². The first-order valence-corrected chi connectivity index (χ1v) is 9.69. The van der Waals surface area contributed by atoms with Gasteiger partial charge in [-0.25, -0.2) is 4.68 Å². The molecular formula is C22H23N5O3. The summed E-state index contributed by atoms with van der Waals surface area (Å²) in [5.74, 6) is 1.70. The molecule has 0 aliphatic carbocycles. The van der Waals surface area contributed by atoms with Crippen molar-refractivity contribution in [3.63, 3.8) is 0 Å². The molecule has 30 heavy (non-hydrogen) atoms. The van der Waals surface area contributed by atoms with Gasteiger partial charge in [0.05, 0.1) is 19.3 Å². The third kappa shape index (κ3) is 4.12. The molecule has 0 bridgehead atoms. The van der Waals surface area contributed by atoms with Crippen molar-refractivity contribution in [2.24, 2.45) is 0 Å². The van der Waals surface area contributed by atoms with Crippen molar-refractivity contribution in [2.45, 2.75) is 26.3 Å². The maximum Gasteiger partial charge on any atom is 0.232 e. The third-order valence-electron chi connectivity index (χ3n) is 4.86. The molecule has 0 saturated carbocycles. The summed E-state index contributed by atoms with van der Waals surface area (Å²) in [6, 6.07) is 11.4. The van der Waals surface area contributed by atoms with E-state index in [0.717, 1.165) is 28.4 Å². The van der Waals surface area contributed by atoms with E-state index in [2.05, 4.69) is 15.4 Å². The molecule has 1 aliphatic heterocycles. The zero-order valence-corrected chi connectivity index (χ0v) is 16.9. The lowest BCUT2D eigenvalue weighted by Crippen LogP contribution is -2.30. The molecule has 154 valence electrons. The van der Waals surface area contributed by atoms with Crippen LogP contribution in [0.15, 0.2) is 54.9 Å². The van der Waals surface area contributed by atoms with Gasteiger partial charge in [0.2, 0.25) is 11.8 Å². The van der Waals surface area contributed by atoms with Crippen molar-refractivity contribution in [1.82, 2.24) is 14.8 Å². The predicted molar refractivity (Wildman–Crippen MR) is 114 cm³/mol. The fourth-order valence-electron chi connectivity index (χ4n) is 3.39.